The SMILES string of the molecule is Fc1ccc(CNc2ccc3[nH]ccc3c2)c(Cl)c1. The maximum atomic E-state index is 12.9. The fraction of sp³-hybridized carbons (Fsp3) is 0.0667. The summed E-state index contributed by atoms with van der Waals surface area (Å²) in [5.41, 5.74) is 2.98. The van der Waals surface area contributed by atoms with Crippen LogP contribution in [-0.2, 0) is 6.54 Å². The Bertz CT molecular complexity index is 721. The van der Waals surface area contributed by atoms with E-state index in [0.29, 0.717) is 11.6 Å². The molecule has 2 aromatic carbocycles. The summed E-state index contributed by atoms with van der Waals surface area (Å²) in [4.78, 5) is 3.15. The van der Waals surface area contributed by atoms with Crippen molar-refractivity contribution >= 4 is 28.2 Å². The summed E-state index contributed by atoms with van der Waals surface area (Å²) in [5, 5.41) is 4.87. The number of nitrogens with one attached hydrogen (secondary N) is 2. The minimum Gasteiger partial charge on any atom is -0.381 e. The van der Waals surface area contributed by atoms with Crippen LogP contribution in [0.15, 0.2) is 48.7 Å². The molecule has 1 aromatic heterocycles. The lowest BCUT2D eigenvalue weighted by atomic mass is 10.2. The zero-order valence-corrected chi connectivity index (χ0v) is 10.8. The molecule has 0 atom stereocenters. The first-order valence-corrected chi connectivity index (χ1v) is 6.35. The summed E-state index contributed by atoms with van der Waals surface area (Å²) in [5.74, 6) is -0.317. The number of anilines is 1. The van der Waals surface area contributed by atoms with Gasteiger partial charge in [-0.15, -0.1) is 0 Å². The van der Waals surface area contributed by atoms with E-state index in [-0.39, 0.29) is 5.82 Å². The molecule has 0 radical (unpaired) electrons. The van der Waals surface area contributed by atoms with Crippen molar-refractivity contribution in [1.82, 2.24) is 4.98 Å². The highest BCUT2D eigenvalue weighted by Crippen LogP contribution is 2.21. The van der Waals surface area contributed by atoms with Gasteiger partial charge in [0.25, 0.3) is 0 Å². The predicted molar refractivity (Wildman–Crippen MR) is 77.0 cm³/mol. The molecule has 3 aromatic rings. The Balaban J connectivity index is 1.77. The van der Waals surface area contributed by atoms with Crippen LogP contribution in [0.5, 0.6) is 0 Å². The lowest BCUT2D eigenvalue weighted by Gasteiger charge is -2.08. The summed E-state index contributed by atoms with van der Waals surface area (Å²) in [6.45, 7) is 0.565. The third kappa shape index (κ3) is 2.56. The Morgan fingerprint density at radius 3 is 2.84 bits per heavy atom. The topological polar surface area (TPSA) is 27.8 Å². The molecule has 96 valence electrons. The largest absolute Gasteiger partial charge is 0.381 e. The average molecular weight is 275 g/mol. The van der Waals surface area contributed by atoms with E-state index in [9.17, 15) is 4.39 Å². The number of benzene rings is 2. The van der Waals surface area contributed by atoms with Crippen LogP contribution in [0.4, 0.5) is 10.1 Å². The summed E-state index contributed by atoms with van der Waals surface area (Å²) in [6.07, 6.45) is 1.91. The second-order valence-electron chi connectivity index (χ2n) is 4.37. The van der Waals surface area contributed by atoms with E-state index >= 15 is 0 Å². The number of H-pyrrole nitrogens is 1. The molecule has 0 aliphatic carbocycles. The lowest BCUT2D eigenvalue weighted by molar-refractivity contribution is 0.627. The second kappa shape index (κ2) is 4.94. The molecule has 2 nitrogen and oxygen atoms in total. The molecule has 0 unspecified atom stereocenters. The highest BCUT2D eigenvalue weighted by molar-refractivity contribution is 6.31. The maximum Gasteiger partial charge on any atom is 0.124 e. The molecule has 3 rings (SSSR count). The van der Waals surface area contributed by atoms with Gasteiger partial charge in [0.2, 0.25) is 0 Å². The van der Waals surface area contributed by atoms with Crippen molar-refractivity contribution in [1.29, 1.82) is 0 Å². The van der Waals surface area contributed by atoms with E-state index in [1.165, 1.54) is 12.1 Å². The Labute approximate surface area is 115 Å². The van der Waals surface area contributed by atoms with Gasteiger partial charge in [-0.3, -0.25) is 0 Å². The number of aromatic amines is 1. The summed E-state index contributed by atoms with van der Waals surface area (Å²) >= 11 is 5.99. The predicted octanol–water partition coefficient (Wildman–Crippen LogP) is 4.57. The zero-order valence-electron chi connectivity index (χ0n) is 10.1. The minimum absolute atomic E-state index is 0.317. The third-order valence-electron chi connectivity index (χ3n) is 3.05. The molecule has 0 amide bonds. The van der Waals surface area contributed by atoms with Gasteiger partial charge in [-0.2, -0.15) is 0 Å². The summed E-state index contributed by atoms with van der Waals surface area (Å²) in [6, 6.07) is 12.5. The first kappa shape index (κ1) is 12.1. The first-order chi connectivity index (χ1) is 9.22. The molecule has 1 heterocycles. The third-order valence-corrected chi connectivity index (χ3v) is 3.40. The molecular formula is C15H12ClFN2. The van der Waals surface area contributed by atoms with E-state index < -0.39 is 0 Å². The lowest BCUT2D eigenvalue weighted by Crippen LogP contribution is -2.00. The second-order valence-corrected chi connectivity index (χ2v) is 4.78. The van der Waals surface area contributed by atoms with Gasteiger partial charge in [0.15, 0.2) is 0 Å². The Morgan fingerprint density at radius 2 is 2.00 bits per heavy atom. The van der Waals surface area contributed by atoms with Gasteiger partial charge in [0.05, 0.1) is 0 Å². The van der Waals surface area contributed by atoms with Crippen LogP contribution in [0.25, 0.3) is 10.9 Å². The molecule has 0 bridgehead atoms. The van der Waals surface area contributed by atoms with Gasteiger partial charge in [-0.1, -0.05) is 17.7 Å². The molecule has 0 saturated heterocycles. The standard InChI is InChI=1S/C15H12ClFN2/c16-14-8-12(17)2-1-11(14)9-19-13-3-4-15-10(7-13)5-6-18-15/h1-8,18-19H,9H2. The van der Waals surface area contributed by atoms with E-state index in [2.05, 4.69) is 16.4 Å². The van der Waals surface area contributed by atoms with Gasteiger partial charge in [0, 0.05) is 34.4 Å². The highest BCUT2D eigenvalue weighted by atomic mass is 35.5. The molecular weight excluding hydrogens is 263 g/mol. The Morgan fingerprint density at radius 1 is 1.11 bits per heavy atom. The van der Waals surface area contributed by atoms with E-state index in [0.717, 1.165) is 22.2 Å². The summed E-state index contributed by atoms with van der Waals surface area (Å²) < 4.78 is 12.9. The monoisotopic (exact) mass is 274 g/mol. The van der Waals surface area contributed by atoms with Gasteiger partial charge in [-0.25, -0.2) is 4.39 Å². The van der Waals surface area contributed by atoms with Crippen LogP contribution in [0.3, 0.4) is 0 Å². The number of hydrogen-bond donors (Lipinski definition) is 2. The minimum atomic E-state index is -0.317. The number of hydrogen-bond acceptors (Lipinski definition) is 1. The first-order valence-electron chi connectivity index (χ1n) is 5.97. The molecule has 0 spiro atoms. The van der Waals surface area contributed by atoms with Crippen molar-refractivity contribution in [3.8, 4) is 0 Å². The molecule has 0 fully saturated rings. The quantitative estimate of drug-likeness (QED) is 0.719. The number of fused-ring (bicyclic) bond motifs is 1. The van der Waals surface area contributed by atoms with Crippen molar-refractivity contribution in [2.75, 3.05) is 5.32 Å². The van der Waals surface area contributed by atoms with Crippen LogP contribution in [-0.4, -0.2) is 4.98 Å². The number of aromatic nitrogens is 1. The fourth-order valence-electron chi connectivity index (χ4n) is 2.03. The van der Waals surface area contributed by atoms with E-state index in [1.807, 2.05) is 24.4 Å². The van der Waals surface area contributed by atoms with Gasteiger partial charge >= 0.3 is 0 Å². The molecule has 0 aliphatic heterocycles. The normalized spacial score (nSPS) is 10.8. The van der Waals surface area contributed by atoms with Crippen molar-refractivity contribution < 1.29 is 4.39 Å². The number of rotatable bonds is 3. The molecule has 0 saturated carbocycles. The zero-order chi connectivity index (χ0) is 13.2. The maximum absolute atomic E-state index is 12.9. The molecule has 0 aliphatic rings. The van der Waals surface area contributed by atoms with E-state index in [1.54, 1.807) is 6.07 Å². The van der Waals surface area contributed by atoms with Crippen molar-refractivity contribution in [2.24, 2.45) is 0 Å². The van der Waals surface area contributed by atoms with Gasteiger partial charge < -0.3 is 10.3 Å². The van der Waals surface area contributed by atoms with Gasteiger partial charge in [-0.05, 0) is 42.0 Å². The fourth-order valence-corrected chi connectivity index (χ4v) is 2.26. The molecule has 19 heavy (non-hydrogen) atoms. The van der Waals surface area contributed by atoms with Crippen molar-refractivity contribution in [2.45, 2.75) is 6.54 Å². The van der Waals surface area contributed by atoms with Crippen LogP contribution in [0.1, 0.15) is 5.56 Å². The number of halogens is 2. The Kier molecular flexibility index (Phi) is 3.13. The highest BCUT2D eigenvalue weighted by Gasteiger charge is 2.02. The van der Waals surface area contributed by atoms with E-state index in [4.69, 9.17) is 11.6 Å². The van der Waals surface area contributed by atoms with Crippen LogP contribution < -0.4 is 5.32 Å². The van der Waals surface area contributed by atoms with Crippen LogP contribution in [0, 0.1) is 5.82 Å². The summed E-state index contributed by atoms with van der Waals surface area (Å²) in [7, 11) is 0. The average Bonchev–Trinajstić information content (AvgIpc) is 2.85. The smallest absolute Gasteiger partial charge is 0.124 e. The molecule has 4 heteroatoms. The van der Waals surface area contributed by atoms with Crippen LogP contribution >= 0.6 is 11.6 Å². The van der Waals surface area contributed by atoms with Gasteiger partial charge in [0.1, 0.15) is 5.82 Å². The van der Waals surface area contributed by atoms with Crippen molar-refractivity contribution in [3.05, 3.63) is 65.1 Å². The Hall–Kier alpha value is -2.00. The molecule has 2 N–H and O–H groups in total. The van der Waals surface area contributed by atoms with Crippen molar-refractivity contribution in [3.63, 3.8) is 0 Å². The van der Waals surface area contributed by atoms with Crippen LogP contribution in [0.2, 0.25) is 5.02 Å².